The lowest BCUT2D eigenvalue weighted by Gasteiger charge is -1.98. The minimum atomic E-state index is -0.209. The van der Waals surface area contributed by atoms with Gasteiger partial charge in [0.25, 0.3) is 0 Å². The molecule has 3 aromatic heterocycles. The van der Waals surface area contributed by atoms with Crippen LogP contribution in [0.5, 0.6) is 0 Å². The fourth-order valence-corrected chi connectivity index (χ4v) is 3.25. The van der Waals surface area contributed by atoms with Gasteiger partial charge in [-0.25, -0.2) is 4.98 Å². The van der Waals surface area contributed by atoms with Gasteiger partial charge in [0.2, 0.25) is 0 Å². The summed E-state index contributed by atoms with van der Waals surface area (Å²) >= 11 is 1.11. The van der Waals surface area contributed by atoms with E-state index in [2.05, 4.69) is 32.1 Å². The molecule has 0 aliphatic heterocycles. The first-order valence-electron chi connectivity index (χ1n) is 6.92. The fraction of sp³-hybridized carbons (Fsp3) is 0. The van der Waals surface area contributed by atoms with Crippen molar-refractivity contribution in [1.29, 1.82) is 0 Å². The van der Waals surface area contributed by atoms with Gasteiger partial charge in [0.1, 0.15) is 5.69 Å². The number of H-pyrrole nitrogens is 2. The number of anilines is 1. The van der Waals surface area contributed by atoms with E-state index in [0.29, 0.717) is 5.82 Å². The van der Waals surface area contributed by atoms with Crippen molar-refractivity contribution in [2.75, 3.05) is 5.32 Å². The smallest absolute Gasteiger partial charge is 0.176 e. The number of nitrogens with one attached hydrogen (secondary N) is 3. The quantitative estimate of drug-likeness (QED) is 0.521. The van der Waals surface area contributed by atoms with Gasteiger partial charge < -0.3 is 10.3 Å². The zero-order valence-electron chi connectivity index (χ0n) is 11.9. The predicted molar refractivity (Wildman–Crippen MR) is 90.8 cm³/mol. The molecule has 0 aliphatic rings. The molecule has 0 bridgehead atoms. The molecule has 3 N–H and O–H groups in total. The SMILES string of the molecule is C=CNc1cn[nH]c1-c1nc2c(-c3ccc(F)s3)cccc2[nH]1. The summed E-state index contributed by atoms with van der Waals surface area (Å²) in [5.41, 5.74) is 4.10. The minimum absolute atomic E-state index is 0.209. The van der Waals surface area contributed by atoms with E-state index in [1.807, 2.05) is 18.2 Å². The van der Waals surface area contributed by atoms with Crippen LogP contribution in [0, 0.1) is 5.13 Å². The van der Waals surface area contributed by atoms with Crippen LogP contribution in [0.2, 0.25) is 0 Å². The largest absolute Gasteiger partial charge is 0.359 e. The molecule has 1 aromatic carbocycles. The van der Waals surface area contributed by atoms with Crippen molar-refractivity contribution in [1.82, 2.24) is 20.2 Å². The number of hydrogen-bond acceptors (Lipinski definition) is 4. The molecule has 114 valence electrons. The van der Waals surface area contributed by atoms with Gasteiger partial charge in [-0.05, 0) is 24.4 Å². The van der Waals surface area contributed by atoms with Crippen LogP contribution in [0.1, 0.15) is 0 Å². The highest BCUT2D eigenvalue weighted by molar-refractivity contribution is 7.14. The Bertz CT molecular complexity index is 997. The summed E-state index contributed by atoms with van der Waals surface area (Å²) in [6.07, 6.45) is 3.25. The maximum Gasteiger partial charge on any atom is 0.176 e. The molecule has 4 aromatic rings. The lowest BCUT2D eigenvalue weighted by Crippen LogP contribution is -1.89. The summed E-state index contributed by atoms with van der Waals surface area (Å²) in [5.74, 6) is 0.659. The summed E-state index contributed by atoms with van der Waals surface area (Å²) in [7, 11) is 0. The van der Waals surface area contributed by atoms with Gasteiger partial charge in [-0.3, -0.25) is 5.10 Å². The van der Waals surface area contributed by atoms with Crippen LogP contribution in [-0.4, -0.2) is 20.2 Å². The molecule has 23 heavy (non-hydrogen) atoms. The summed E-state index contributed by atoms with van der Waals surface area (Å²) in [4.78, 5) is 8.78. The lowest BCUT2D eigenvalue weighted by molar-refractivity contribution is 0.657. The second-order valence-electron chi connectivity index (χ2n) is 4.90. The standard InChI is InChI=1S/C16H12FN5S/c1-2-18-11-8-19-22-15(11)16-20-10-5-3-4-9(14(10)21-16)12-6-7-13(17)23-12/h2-8,18H,1H2,(H,19,22)(H,20,21). The maximum absolute atomic E-state index is 13.3. The number of hydrogen-bond donors (Lipinski definition) is 3. The average molecular weight is 325 g/mol. The highest BCUT2D eigenvalue weighted by Gasteiger charge is 2.15. The summed E-state index contributed by atoms with van der Waals surface area (Å²) < 4.78 is 13.3. The van der Waals surface area contributed by atoms with Gasteiger partial charge in [-0.2, -0.15) is 9.49 Å². The Morgan fingerprint density at radius 2 is 2.17 bits per heavy atom. The second kappa shape index (κ2) is 5.36. The Morgan fingerprint density at radius 3 is 2.96 bits per heavy atom. The van der Waals surface area contributed by atoms with Crippen LogP contribution < -0.4 is 5.32 Å². The number of fused-ring (bicyclic) bond motifs is 1. The Hall–Kier alpha value is -2.93. The van der Waals surface area contributed by atoms with Crippen LogP contribution >= 0.6 is 11.3 Å². The minimum Gasteiger partial charge on any atom is -0.359 e. The Labute approximate surface area is 134 Å². The van der Waals surface area contributed by atoms with E-state index in [1.54, 1.807) is 18.5 Å². The first-order valence-corrected chi connectivity index (χ1v) is 7.73. The van der Waals surface area contributed by atoms with E-state index < -0.39 is 0 Å². The fourth-order valence-electron chi connectivity index (χ4n) is 2.49. The third-order valence-corrected chi connectivity index (χ3v) is 4.39. The zero-order chi connectivity index (χ0) is 15.8. The molecule has 7 heteroatoms. The second-order valence-corrected chi connectivity index (χ2v) is 5.93. The van der Waals surface area contributed by atoms with Gasteiger partial charge >= 0.3 is 0 Å². The van der Waals surface area contributed by atoms with E-state index >= 15 is 0 Å². The maximum atomic E-state index is 13.3. The predicted octanol–water partition coefficient (Wildman–Crippen LogP) is 4.38. The van der Waals surface area contributed by atoms with Crippen molar-refractivity contribution >= 4 is 28.1 Å². The van der Waals surface area contributed by atoms with Gasteiger partial charge in [0.15, 0.2) is 11.0 Å². The number of imidazole rings is 1. The third kappa shape index (κ3) is 2.31. The van der Waals surface area contributed by atoms with E-state index in [-0.39, 0.29) is 5.13 Å². The summed E-state index contributed by atoms with van der Waals surface area (Å²) in [5, 5.41) is 9.75. The van der Waals surface area contributed by atoms with Crippen LogP contribution in [0.4, 0.5) is 10.1 Å². The van der Waals surface area contributed by atoms with Crippen LogP contribution in [0.25, 0.3) is 33.0 Å². The molecule has 5 nitrogen and oxygen atoms in total. The van der Waals surface area contributed by atoms with Gasteiger partial charge in [0, 0.05) is 10.4 Å². The number of thiophene rings is 1. The normalized spacial score (nSPS) is 11.0. The van der Waals surface area contributed by atoms with Crippen LogP contribution in [0.3, 0.4) is 0 Å². The van der Waals surface area contributed by atoms with Crippen molar-refractivity contribution in [2.24, 2.45) is 0 Å². The highest BCUT2D eigenvalue weighted by atomic mass is 32.1. The van der Waals surface area contributed by atoms with Crippen molar-refractivity contribution in [2.45, 2.75) is 0 Å². The lowest BCUT2D eigenvalue weighted by atomic mass is 10.1. The van der Waals surface area contributed by atoms with Crippen molar-refractivity contribution in [3.8, 4) is 22.0 Å². The summed E-state index contributed by atoms with van der Waals surface area (Å²) in [6.45, 7) is 3.65. The van der Waals surface area contributed by atoms with Gasteiger partial charge in [-0.1, -0.05) is 18.7 Å². The molecular weight excluding hydrogens is 313 g/mol. The van der Waals surface area contributed by atoms with E-state index in [1.165, 1.54) is 6.07 Å². The Balaban J connectivity index is 1.88. The average Bonchev–Trinajstić information content (AvgIpc) is 3.25. The van der Waals surface area contributed by atoms with Crippen molar-refractivity contribution < 1.29 is 4.39 Å². The van der Waals surface area contributed by atoms with Crippen LogP contribution in [-0.2, 0) is 0 Å². The van der Waals surface area contributed by atoms with Gasteiger partial charge in [-0.15, -0.1) is 11.3 Å². The molecule has 0 amide bonds. The number of halogens is 1. The Morgan fingerprint density at radius 1 is 1.26 bits per heavy atom. The number of aromatic amines is 2. The van der Waals surface area contributed by atoms with Gasteiger partial charge in [0.05, 0.1) is 22.9 Å². The molecule has 0 atom stereocenters. The third-order valence-electron chi connectivity index (χ3n) is 3.49. The first kappa shape index (κ1) is 13.7. The topological polar surface area (TPSA) is 69.4 Å². The molecule has 0 unspecified atom stereocenters. The molecule has 0 saturated heterocycles. The van der Waals surface area contributed by atoms with Crippen molar-refractivity contribution in [3.05, 3.63) is 54.4 Å². The monoisotopic (exact) mass is 325 g/mol. The van der Waals surface area contributed by atoms with Crippen molar-refractivity contribution in [3.63, 3.8) is 0 Å². The molecule has 0 aliphatic carbocycles. The molecule has 0 spiro atoms. The summed E-state index contributed by atoms with van der Waals surface area (Å²) in [6, 6.07) is 9.04. The van der Waals surface area contributed by atoms with Crippen LogP contribution in [0.15, 0.2) is 49.3 Å². The first-order chi connectivity index (χ1) is 11.3. The number of rotatable bonds is 4. The Kier molecular flexibility index (Phi) is 3.20. The van der Waals surface area contributed by atoms with E-state index in [9.17, 15) is 4.39 Å². The van der Waals surface area contributed by atoms with E-state index in [0.717, 1.165) is 44.2 Å². The molecule has 0 radical (unpaired) electrons. The molecular formula is C16H12FN5S. The zero-order valence-corrected chi connectivity index (χ0v) is 12.7. The number of aromatic nitrogens is 4. The molecule has 0 fully saturated rings. The van der Waals surface area contributed by atoms with E-state index in [4.69, 9.17) is 0 Å². The molecule has 4 rings (SSSR count). The highest BCUT2D eigenvalue weighted by Crippen LogP contribution is 2.34. The number of para-hydroxylation sites is 1. The number of benzene rings is 1. The molecule has 0 saturated carbocycles. The molecule has 3 heterocycles. The number of nitrogens with zero attached hydrogens (tertiary/aromatic N) is 2.